The number of nitrogens with zero attached hydrogens (tertiary/aromatic N) is 1. The smallest absolute Gasteiger partial charge is 0.257 e. The van der Waals surface area contributed by atoms with Crippen molar-refractivity contribution < 1.29 is 4.79 Å². The molecule has 3 aromatic rings. The van der Waals surface area contributed by atoms with Crippen LogP contribution in [-0.4, -0.2) is 10.9 Å². The number of hydrogen-bond acceptors (Lipinski definition) is 4. The van der Waals surface area contributed by atoms with Gasteiger partial charge >= 0.3 is 0 Å². The maximum atomic E-state index is 12.2. The standard InChI is InChI=1S/C15H13N3OS/c1-9-8-10(16)6-7-11(9)14(19)18-15-17-12-4-2-3-5-13(12)20-15/h2-8H,16H2,1H3,(H,17,18,19). The van der Waals surface area contributed by atoms with Crippen LogP contribution >= 0.6 is 11.3 Å². The average Bonchev–Trinajstić information content (AvgIpc) is 2.80. The van der Waals surface area contributed by atoms with Crippen LogP contribution in [0.4, 0.5) is 10.8 Å². The Hall–Kier alpha value is -2.40. The number of carbonyl (C=O) groups is 1. The van der Waals surface area contributed by atoms with Crippen LogP contribution in [0, 0.1) is 6.92 Å². The highest BCUT2D eigenvalue weighted by Crippen LogP contribution is 2.26. The molecule has 0 spiro atoms. The van der Waals surface area contributed by atoms with Gasteiger partial charge in [0.1, 0.15) is 0 Å². The van der Waals surface area contributed by atoms with Gasteiger partial charge in [0.15, 0.2) is 5.13 Å². The molecule has 0 atom stereocenters. The molecule has 2 aromatic carbocycles. The monoisotopic (exact) mass is 283 g/mol. The number of nitrogen functional groups attached to an aromatic ring is 1. The number of carbonyl (C=O) groups excluding carboxylic acids is 1. The van der Waals surface area contributed by atoms with E-state index in [2.05, 4.69) is 10.3 Å². The number of fused-ring (bicyclic) bond motifs is 1. The minimum atomic E-state index is -0.165. The van der Waals surface area contributed by atoms with Gasteiger partial charge in [0, 0.05) is 11.3 Å². The number of benzene rings is 2. The number of aryl methyl sites for hydroxylation is 1. The normalized spacial score (nSPS) is 10.7. The Morgan fingerprint density at radius 3 is 2.80 bits per heavy atom. The summed E-state index contributed by atoms with van der Waals surface area (Å²) >= 11 is 1.46. The number of aromatic nitrogens is 1. The molecule has 100 valence electrons. The van der Waals surface area contributed by atoms with E-state index in [1.54, 1.807) is 18.2 Å². The Bertz CT molecular complexity index is 762. The summed E-state index contributed by atoms with van der Waals surface area (Å²) in [5, 5.41) is 3.44. The minimum absolute atomic E-state index is 0.165. The van der Waals surface area contributed by atoms with Crippen LogP contribution in [0.15, 0.2) is 42.5 Å². The first-order valence-corrected chi connectivity index (χ1v) is 6.98. The molecular formula is C15H13N3OS. The second kappa shape index (κ2) is 4.94. The third kappa shape index (κ3) is 2.35. The molecule has 4 nitrogen and oxygen atoms in total. The Morgan fingerprint density at radius 2 is 2.05 bits per heavy atom. The zero-order valence-electron chi connectivity index (χ0n) is 10.9. The van der Waals surface area contributed by atoms with Crippen molar-refractivity contribution in [2.45, 2.75) is 6.92 Å². The maximum Gasteiger partial charge on any atom is 0.257 e. The van der Waals surface area contributed by atoms with Gasteiger partial charge < -0.3 is 5.73 Å². The summed E-state index contributed by atoms with van der Waals surface area (Å²) in [4.78, 5) is 16.6. The summed E-state index contributed by atoms with van der Waals surface area (Å²) in [6.45, 7) is 1.86. The summed E-state index contributed by atoms with van der Waals surface area (Å²) in [6.07, 6.45) is 0. The molecule has 0 saturated heterocycles. The highest BCUT2D eigenvalue weighted by atomic mass is 32.1. The summed E-state index contributed by atoms with van der Waals surface area (Å²) < 4.78 is 1.05. The molecule has 3 N–H and O–H groups in total. The number of amides is 1. The largest absolute Gasteiger partial charge is 0.399 e. The van der Waals surface area contributed by atoms with Gasteiger partial charge in [0.2, 0.25) is 0 Å². The fraction of sp³-hybridized carbons (Fsp3) is 0.0667. The number of nitrogens with two attached hydrogens (primary N) is 1. The molecule has 20 heavy (non-hydrogen) atoms. The highest BCUT2D eigenvalue weighted by molar-refractivity contribution is 7.22. The Morgan fingerprint density at radius 1 is 1.25 bits per heavy atom. The Kier molecular flexibility index (Phi) is 3.12. The van der Waals surface area contributed by atoms with Gasteiger partial charge in [-0.3, -0.25) is 10.1 Å². The lowest BCUT2D eigenvalue weighted by molar-refractivity contribution is 0.102. The predicted octanol–water partition coefficient (Wildman–Crippen LogP) is 3.44. The summed E-state index contributed by atoms with van der Waals surface area (Å²) in [5.41, 5.74) is 8.69. The zero-order valence-corrected chi connectivity index (χ0v) is 11.7. The van der Waals surface area contributed by atoms with E-state index in [9.17, 15) is 4.79 Å². The molecule has 1 heterocycles. The van der Waals surface area contributed by atoms with Crippen molar-refractivity contribution in [1.82, 2.24) is 4.98 Å². The van der Waals surface area contributed by atoms with Crippen LogP contribution in [0.1, 0.15) is 15.9 Å². The van der Waals surface area contributed by atoms with E-state index in [4.69, 9.17) is 5.73 Å². The number of rotatable bonds is 2. The van der Waals surface area contributed by atoms with Crippen molar-refractivity contribution in [3.05, 3.63) is 53.6 Å². The fourth-order valence-corrected chi connectivity index (χ4v) is 2.89. The zero-order chi connectivity index (χ0) is 14.1. The maximum absolute atomic E-state index is 12.2. The topological polar surface area (TPSA) is 68.0 Å². The van der Waals surface area contributed by atoms with E-state index >= 15 is 0 Å². The molecular weight excluding hydrogens is 270 g/mol. The van der Waals surface area contributed by atoms with E-state index in [-0.39, 0.29) is 5.91 Å². The van der Waals surface area contributed by atoms with Crippen molar-refractivity contribution in [3.63, 3.8) is 0 Å². The van der Waals surface area contributed by atoms with E-state index < -0.39 is 0 Å². The minimum Gasteiger partial charge on any atom is -0.399 e. The molecule has 0 aliphatic rings. The number of anilines is 2. The number of para-hydroxylation sites is 1. The molecule has 1 aromatic heterocycles. The molecule has 3 rings (SSSR count). The van der Waals surface area contributed by atoms with Gasteiger partial charge in [0.25, 0.3) is 5.91 Å². The number of nitrogens with one attached hydrogen (secondary N) is 1. The first-order valence-electron chi connectivity index (χ1n) is 6.16. The van der Waals surface area contributed by atoms with Crippen LogP contribution in [-0.2, 0) is 0 Å². The van der Waals surface area contributed by atoms with Crippen LogP contribution in [0.3, 0.4) is 0 Å². The van der Waals surface area contributed by atoms with E-state index in [1.807, 2.05) is 31.2 Å². The Labute approximate surface area is 120 Å². The first-order chi connectivity index (χ1) is 9.63. The molecule has 0 fully saturated rings. The van der Waals surface area contributed by atoms with Crippen LogP contribution in [0.25, 0.3) is 10.2 Å². The van der Waals surface area contributed by atoms with E-state index in [0.29, 0.717) is 16.4 Å². The van der Waals surface area contributed by atoms with Crippen LogP contribution in [0.2, 0.25) is 0 Å². The molecule has 0 aliphatic carbocycles. The van der Waals surface area contributed by atoms with Crippen LogP contribution < -0.4 is 11.1 Å². The van der Waals surface area contributed by atoms with Gasteiger partial charge in [-0.1, -0.05) is 23.5 Å². The van der Waals surface area contributed by atoms with Crippen molar-refractivity contribution in [1.29, 1.82) is 0 Å². The van der Waals surface area contributed by atoms with Gasteiger partial charge in [-0.25, -0.2) is 4.98 Å². The molecule has 5 heteroatoms. The van der Waals surface area contributed by atoms with Crippen molar-refractivity contribution in [2.75, 3.05) is 11.1 Å². The number of thiazole rings is 1. The summed E-state index contributed by atoms with van der Waals surface area (Å²) in [5.74, 6) is -0.165. The highest BCUT2D eigenvalue weighted by Gasteiger charge is 2.11. The van der Waals surface area contributed by atoms with Crippen molar-refractivity contribution in [3.8, 4) is 0 Å². The second-order valence-electron chi connectivity index (χ2n) is 4.52. The van der Waals surface area contributed by atoms with Gasteiger partial charge in [-0.05, 0) is 42.8 Å². The van der Waals surface area contributed by atoms with Crippen molar-refractivity contribution in [2.24, 2.45) is 0 Å². The molecule has 0 aliphatic heterocycles. The molecule has 1 amide bonds. The third-order valence-electron chi connectivity index (χ3n) is 3.01. The SMILES string of the molecule is Cc1cc(N)ccc1C(=O)Nc1nc2ccccc2s1. The van der Waals surface area contributed by atoms with Crippen molar-refractivity contribution >= 4 is 38.3 Å². The lowest BCUT2D eigenvalue weighted by atomic mass is 10.1. The lowest BCUT2D eigenvalue weighted by Gasteiger charge is -2.05. The molecule has 0 unspecified atom stereocenters. The Balaban J connectivity index is 1.88. The quantitative estimate of drug-likeness (QED) is 0.708. The fourth-order valence-electron chi connectivity index (χ4n) is 2.03. The molecule has 0 saturated carbocycles. The van der Waals surface area contributed by atoms with Crippen LogP contribution in [0.5, 0.6) is 0 Å². The third-order valence-corrected chi connectivity index (χ3v) is 3.96. The summed E-state index contributed by atoms with van der Waals surface area (Å²) in [7, 11) is 0. The second-order valence-corrected chi connectivity index (χ2v) is 5.55. The van der Waals surface area contributed by atoms with Gasteiger partial charge in [-0.2, -0.15) is 0 Å². The summed E-state index contributed by atoms with van der Waals surface area (Å²) in [6, 6.07) is 13.0. The van der Waals surface area contributed by atoms with Gasteiger partial charge in [-0.15, -0.1) is 0 Å². The van der Waals surface area contributed by atoms with E-state index in [1.165, 1.54) is 11.3 Å². The average molecular weight is 283 g/mol. The first kappa shape index (κ1) is 12.6. The molecule has 0 bridgehead atoms. The lowest BCUT2D eigenvalue weighted by Crippen LogP contribution is -2.13. The number of hydrogen-bond donors (Lipinski definition) is 2. The predicted molar refractivity (Wildman–Crippen MR) is 83.2 cm³/mol. The van der Waals surface area contributed by atoms with E-state index in [0.717, 1.165) is 15.8 Å². The molecule has 0 radical (unpaired) electrons. The van der Waals surface area contributed by atoms with Gasteiger partial charge in [0.05, 0.1) is 10.2 Å².